The normalized spacial score (nSPS) is 18.5. The van der Waals surface area contributed by atoms with Crippen LogP contribution in [0, 0.1) is 17.3 Å². The lowest BCUT2D eigenvalue weighted by Crippen LogP contribution is -2.43. The average molecular weight is 593 g/mol. The summed E-state index contributed by atoms with van der Waals surface area (Å²) in [6.07, 6.45) is 3.55. The molecule has 4 aromatic rings. The number of carbonyl (C=O) groups is 2. The highest BCUT2D eigenvalue weighted by molar-refractivity contribution is 6.35. The predicted molar refractivity (Wildman–Crippen MR) is 159 cm³/mol. The molecule has 2 aliphatic rings. The van der Waals surface area contributed by atoms with E-state index >= 15 is 0 Å². The standard InChI is InChI=1S/C31H34ClFN6O3/c1-31(2,3)16-39-15-23-19(12-24(32)27-22(23)14-34-37-27)10-20(30(39)42)13-26(40)38-8-6-17(7-9-38)21-11-18-4-5-25(33)35-28(18)36-29(21)41/h4-5,11-12,14,17,20H,6-10,13,15-16H2,1-3H3,(H,34,37)(H,35,36,41)/t20-/m0/s1. The highest BCUT2D eigenvalue weighted by Gasteiger charge is 2.36. The number of aromatic nitrogens is 4. The quantitative estimate of drug-likeness (QED) is 0.326. The molecule has 1 aromatic carbocycles. The maximum absolute atomic E-state index is 13.9. The number of piperidine rings is 1. The molecule has 2 aliphatic heterocycles. The first-order chi connectivity index (χ1) is 20.0. The Bertz CT molecular complexity index is 1750. The third-order valence-corrected chi connectivity index (χ3v) is 8.74. The molecule has 0 spiro atoms. The van der Waals surface area contributed by atoms with E-state index in [1.165, 1.54) is 6.07 Å². The number of hydrogen-bond acceptors (Lipinski definition) is 5. The van der Waals surface area contributed by atoms with Gasteiger partial charge in [0, 0.05) is 48.9 Å². The smallest absolute Gasteiger partial charge is 0.253 e. The number of halogens is 2. The Labute approximate surface area is 247 Å². The molecule has 1 atom stereocenters. The zero-order valence-corrected chi connectivity index (χ0v) is 24.7. The van der Waals surface area contributed by atoms with E-state index in [9.17, 15) is 18.8 Å². The molecule has 42 heavy (non-hydrogen) atoms. The van der Waals surface area contributed by atoms with Gasteiger partial charge in [0.15, 0.2) is 0 Å². The van der Waals surface area contributed by atoms with E-state index < -0.39 is 11.9 Å². The van der Waals surface area contributed by atoms with Gasteiger partial charge in [0.1, 0.15) is 5.65 Å². The molecular formula is C31H34ClFN6O3. The topological polar surface area (TPSA) is 115 Å². The van der Waals surface area contributed by atoms with Crippen LogP contribution in [0.3, 0.4) is 0 Å². The molecule has 0 bridgehead atoms. The number of nitrogens with one attached hydrogen (secondary N) is 2. The van der Waals surface area contributed by atoms with E-state index in [-0.39, 0.29) is 40.8 Å². The molecule has 0 saturated carbocycles. The van der Waals surface area contributed by atoms with Crippen molar-refractivity contribution in [3.8, 4) is 0 Å². The average Bonchev–Trinajstić information content (AvgIpc) is 3.39. The molecule has 11 heteroatoms. The molecule has 0 aliphatic carbocycles. The highest BCUT2D eigenvalue weighted by Crippen LogP contribution is 2.36. The van der Waals surface area contributed by atoms with Crippen molar-refractivity contribution in [2.75, 3.05) is 19.6 Å². The summed E-state index contributed by atoms with van der Waals surface area (Å²) in [6, 6.07) is 6.55. The zero-order chi connectivity index (χ0) is 29.8. The summed E-state index contributed by atoms with van der Waals surface area (Å²) >= 11 is 6.57. The third-order valence-electron chi connectivity index (χ3n) is 8.44. The van der Waals surface area contributed by atoms with E-state index in [0.29, 0.717) is 61.4 Å². The fraction of sp³-hybridized carbons (Fsp3) is 0.452. The van der Waals surface area contributed by atoms with E-state index in [0.717, 1.165) is 22.0 Å². The van der Waals surface area contributed by atoms with Gasteiger partial charge in [0.25, 0.3) is 5.56 Å². The van der Waals surface area contributed by atoms with Gasteiger partial charge in [-0.3, -0.25) is 19.5 Å². The summed E-state index contributed by atoms with van der Waals surface area (Å²) < 4.78 is 13.5. The van der Waals surface area contributed by atoms with Crippen molar-refractivity contribution in [1.29, 1.82) is 0 Å². The molecule has 1 fully saturated rings. The number of amides is 2. The molecule has 1 saturated heterocycles. The van der Waals surface area contributed by atoms with Gasteiger partial charge in [-0.15, -0.1) is 0 Å². The lowest BCUT2D eigenvalue weighted by Gasteiger charge is -2.34. The van der Waals surface area contributed by atoms with Crippen molar-refractivity contribution < 1.29 is 14.0 Å². The van der Waals surface area contributed by atoms with Gasteiger partial charge >= 0.3 is 0 Å². The molecule has 6 rings (SSSR count). The highest BCUT2D eigenvalue weighted by atomic mass is 35.5. The molecule has 3 aromatic heterocycles. The van der Waals surface area contributed by atoms with Crippen LogP contribution in [0.5, 0.6) is 0 Å². The molecular weight excluding hydrogens is 559 g/mol. The minimum atomic E-state index is -0.646. The molecule has 2 amide bonds. The van der Waals surface area contributed by atoms with Gasteiger partial charge in [-0.05, 0) is 66.0 Å². The monoisotopic (exact) mass is 592 g/mol. The van der Waals surface area contributed by atoms with Crippen LogP contribution in [0.25, 0.3) is 21.9 Å². The Morgan fingerprint density at radius 3 is 2.67 bits per heavy atom. The second-order valence-corrected chi connectivity index (χ2v) is 13.2. The van der Waals surface area contributed by atoms with Gasteiger partial charge in [-0.1, -0.05) is 32.4 Å². The largest absolute Gasteiger partial charge is 0.343 e. The van der Waals surface area contributed by atoms with Gasteiger partial charge in [0.2, 0.25) is 17.8 Å². The van der Waals surface area contributed by atoms with Crippen LogP contribution in [-0.4, -0.2) is 61.4 Å². The molecule has 9 nitrogen and oxygen atoms in total. The van der Waals surface area contributed by atoms with Crippen molar-refractivity contribution in [1.82, 2.24) is 30.0 Å². The maximum Gasteiger partial charge on any atom is 0.253 e. The van der Waals surface area contributed by atoms with Crippen LogP contribution in [-0.2, 0) is 22.6 Å². The minimum Gasteiger partial charge on any atom is -0.343 e. The van der Waals surface area contributed by atoms with E-state index in [1.54, 1.807) is 18.3 Å². The van der Waals surface area contributed by atoms with E-state index in [4.69, 9.17) is 11.6 Å². The number of benzene rings is 1. The first kappa shape index (κ1) is 28.3. The SMILES string of the molecule is CC(C)(C)CN1Cc2c(cc(Cl)c3[nH]ncc23)C[C@@H](CC(=O)N2CCC(c3cc4ccc(F)nc4[nH]c3=O)CC2)C1=O. The molecule has 220 valence electrons. The number of pyridine rings is 2. The number of rotatable bonds is 4. The van der Waals surface area contributed by atoms with Crippen molar-refractivity contribution in [2.24, 2.45) is 11.3 Å². The van der Waals surface area contributed by atoms with Gasteiger partial charge in [0.05, 0.1) is 22.7 Å². The van der Waals surface area contributed by atoms with Crippen LogP contribution in [0.4, 0.5) is 4.39 Å². The zero-order valence-electron chi connectivity index (χ0n) is 24.0. The number of fused-ring (bicyclic) bond motifs is 4. The van der Waals surface area contributed by atoms with E-state index in [1.807, 2.05) is 15.9 Å². The summed E-state index contributed by atoms with van der Waals surface area (Å²) in [5.41, 5.74) is 3.20. The van der Waals surface area contributed by atoms with Gasteiger partial charge in [-0.25, -0.2) is 4.98 Å². The van der Waals surface area contributed by atoms with Crippen LogP contribution in [0.15, 0.2) is 35.3 Å². The predicted octanol–water partition coefficient (Wildman–Crippen LogP) is 4.94. The Morgan fingerprint density at radius 2 is 1.93 bits per heavy atom. The molecule has 0 radical (unpaired) electrons. The summed E-state index contributed by atoms with van der Waals surface area (Å²) in [5.74, 6) is -1.26. The fourth-order valence-corrected chi connectivity index (χ4v) is 6.73. The minimum absolute atomic E-state index is 0.0233. The Kier molecular flexibility index (Phi) is 7.29. The second-order valence-electron chi connectivity index (χ2n) is 12.8. The molecule has 0 unspecified atom stereocenters. The van der Waals surface area contributed by atoms with Crippen molar-refractivity contribution in [3.05, 3.63) is 68.5 Å². The Hall–Kier alpha value is -3.79. The van der Waals surface area contributed by atoms with Gasteiger partial charge < -0.3 is 14.8 Å². The maximum atomic E-state index is 13.9. The first-order valence-corrected chi connectivity index (χ1v) is 14.7. The molecule has 2 N–H and O–H groups in total. The number of H-pyrrole nitrogens is 2. The summed E-state index contributed by atoms with van der Waals surface area (Å²) in [4.78, 5) is 50.4. The summed E-state index contributed by atoms with van der Waals surface area (Å²) in [7, 11) is 0. The second kappa shape index (κ2) is 10.8. The van der Waals surface area contributed by atoms with Crippen molar-refractivity contribution in [3.63, 3.8) is 0 Å². The van der Waals surface area contributed by atoms with Crippen LogP contribution < -0.4 is 5.56 Å². The van der Waals surface area contributed by atoms with Crippen LogP contribution >= 0.6 is 11.6 Å². The first-order valence-electron chi connectivity index (χ1n) is 14.4. The lowest BCUT2D eigenvalue weighted by atomic mass is 9.88. The van der Waals surface area contributed by atoms with Crippen molar-refractivity contribution in [2.45, 2.75) is 58.9 Å². The lowest BCUT2D eigenvalue weighted by molar-refractivity contribution is -0.142. The van der Waals surface area contributed by atoms with E-state index in [2.05, 4.69) is 40.9 Å². The molecule has 5 heterocycles. The summed E-state index contributed by atoms with van der Waals surface area (Å²) in [5, 5.41) is 9.28. The number of carbonyl (C=O) groups excluding carboxylic acids is 2. The Balaban J connectivity index is 1.19. The fourth-order valence-electron chi connectivity index (χ4n) is 6.46. The number of likely N-dealkylation sites (tertiary alicyclic amines) is 1. The number of aromatic amines is 2. The van der Waals surface area contributed by atoms with Crippen LogP contribution in [0.1, 0.15) is 62.6 Å². The number of nitrogens with zero attached hydrogens (tertiary/aromatic N) is 4. The van der Waals surface area contributed by atoms with Crippen molar-refractivity contribution >= 4 is 45.4 Å². The number of hydrogen-bond donors (Lipinski definition) is 2. The third kappa shape index (κ3) is 5.52. The van der Waals surface area contributed by atoms with Gasteiger partial charge in [-0.2, -0.15) is 9.49 Å². The Morgan fingerprint density at radius 1 is 1.17 bits per heavy atom. The van der Waals surface area contributed by atoms with Crippen LogP contribution in [0.2, 0.25) is 5.02 Å². The summed E-state index contributed by atoms with van der Waals surface area (Å²) in [6.45, 7) is 8.28.